The minimum absolute atomic E-state index is 0.249. The van der Waals surface area contributed by atoms with E-state index in [0.717, 1.165) is 33.1 Å². The predicted molar refractivity (Wildman–Crippen MR) is 129 cm³/mol. The van der Waals surface area contributed by atoms with Gasteiger partial charge in [-0.05, 0) is 36.4 Å². The number of hydrogen-bond donors (Lipinski definition) is 2. The molecule has 2 amide bonds. The quantitative estimate of drug-likeness (QED) is 0.378. The van der Waals surface area contributed by atoms with Gasteiger partial charge < -0.3 is 10.3 Å². The summed E-state index contributed by atoms with van der Waals surface area (Å²) in [6, 6.07) is 23.3. The number of nitrogens with zero attached hydrogens (tertiary/aromatic N) is 2. The van der Waals surface area contributed by atoms with E-state index >= 15 is 0 Å². The Labute approximate surface area is 193 Å². The smallest absolute Gasteiger partial charge is 0.270 e. The van der Waals surface area contributed by atoms with Crippen LogP contribution >= 0.6 is 11.6 Å². The van der Waals surface area contributed by atoms with Gasteiger partial charge in [0.2, 0.25) is 0 Å². The summed E-state index contributed by atoms with van der Waals surface area (Å²) in [5, 5.41) is 5.33. The van der Waals surface area contributed by atoms with Gasteiger partial charge in [0, 0.05) is 26.9 Å². The fourth-order valence-corrected chi connectivity index (χ4v) is 4.60. The van der Waals surface area contributed by atoms with E-state index in [1.54, 1.807) is 35.4 Å². The number of halogens is 1. The standard InChI is InChI=1S/C26H17ClN4O2/c27-15-6-5-7-16(12-15)31-23-11-4-2-9-18(23)24(26(31)33)30-25(32)21-13-19-17-8-1-3-10-20(17)29-22(19)14-28-21/h1-14,24,29H,(H,30,32). The first-order valence-electron chi connectivity index (χ1n) is 10.5. The van der Waals surface area contributed by atoms with Gasteiger partial charge in [-0.2, -0.15) is 0 Å². The number of carbonyl (C=O) groups is 2. The molecule has 0 aliphatic carbocycles. The van der Waals surface area contributed by atoms with Crippen LogP contribution in [0.1, 0.15) is 22.1 Å². The summed E-state index contributed by atoms with van der Waals surface area (Å²) in [5.74, 6) is -0.664. The van der Waals surface area contributed by atoms with Crippen molar-refractivity contribution in [3.63, 3.8) is 0 Å². The van der Waals surface area contributed by atoms with Crippen LogP contribution in [0.2, 0.25) is 5.02 Å². The van der Waals surface area contributed by atoms with Gasteiger partial charge in [0.25, 0.3) is 11.8 Å². The van der Waals surface area contributed by atoms with Crippen LogP contribution in [-0.4, -0.2) is 21.8 Å². The Bertz CT molecular complexity index is 1580. The number of fused-ring (bicyclic) bond motifs is 4. The Morgan fingerprint density at radius 1 is 0.939 bits per heavy atom. The Morgan fingerprint density at radius 3 is 2.64 bits per heavy atom. The van der Waals surface area contributed by atoms with Gasteiger partial charge >= 0.3 is 0 Å². The number of hydrogen-bond acceptors (Lipinski definition) is 3. The van der Waals surface area contributed by atoms with Crippen LogP contribution in [0.25, 0.3) is 21.8 Å². The molecule has 33 heavy (non-hydrogen) atoms. The highest BCUT2D eigenvalue weighted by atomic mass is 35.5. The maximum Gasteiger partial charge on any atom is 0.270 e. The molecule has 0 fully saturated rings. The molecule has 1 unspecified atom stereocenters. The number of aromatic amines is 1. The van der Waals surface area contributed by atoms with E-state index in [1.165, 1.54) is 0 Å². The number of anilines is 2. The molecule has 2 N–H and O–H groups in total. The van der Waals surface area contributed by atoms with Crippen molar-refractivity contribution >= 4 is 56.6 Å². The fourth-order valence-electron chi connectivity index (χ4n) is 4.42. The number of carbonyl (C=O) groups excluding carboxylic acids is 2. The molecule has 7 heteroatoms. The summed E-state index contributed by atoms with van der Waals surface area (Å²) < 4.78 is 0. The second-order valence-corrected chi connectivity index (χ2v) is 8.34. The monoisotopic (exact) mass is 452 g/mol. The third kappa shape index (κ3) is 3.15. The van der Waals surface area contributed by atoms with E-state index in [9.17, 15) is 9.59 Å². The summed E-state index contributed by atoms with van der Waals surface area (Å²) in [6.07, 6.45) is 1.65. The first-order valence-corrected chi connectivity index (χ1v) is 10.8. The van der Waals surface area contributed by atoms with Crippen molar-refractivity contribution in [2.45, 2.75) is 6.04 Å². The first-order chi connectivity index (χ1) is 16.1. The van der Waals surface area contributed by atoms with Crippen LogP contribution < -0.4 is 10.2 Å². The molecule has 160 valence electrons. The summed E-state index contributed by atoms with van der Waals surface area (Å²) in [4.78, 5) is 35.8. The molecule has 1 aliphatic heterocycles. The zero-order valence-corrected chi connectivity index (χ0v) is 18.0. The highest BCUT2D eigenvalue weighted by molar-refractivity contribution is 6.31. The molecule has 1 aliphatic rings. The minimum atomic E-state index is -0.826. The average Bonchev–Trinajstić information content (AvgIpc) is 3.33. The van der Waals surface area contributed by atoms with Gasteiger partial charge in [0.05, 0.1) is 23.1 Å². The molecule has 0 saturated carbocycles. The van der Waals surface area contributed by atoms with Gasteiger partial charge in [-0.3, -0.25) is 14.5 Å². The third-order valence-electron chi connectivity index (χ3n) is 5.92. The molecule has 0 bridgehead atoms. The molecule has 5 aromatic rings. The molecule has 0 saturated heterocycles. The van der Waals surface area contributed by atoms with Crippen LogP contribution in [0.4, 0.5) is 11.4 Å². The van der Waals surface area contributed by atoms with Gasteiger partial charge in [0.15, 0.2) is 0 Å². The number of nitrogens with one attached hydrogen (secondary N) is 2. The van der Waals surface area contributed by atoms with Crippen molar-refractivity contribution in [2.24, 2.45) is 0 Å². The normalized spacial score (nSPS) is 15.2. The largest absolute Gasteiger partial charge is 0.353 e. The summed E-state index contributed by atoms with van der Waals surface area (Å²) in [6.45, 7) is 0. The van der Waals surface area contributed by atoms with Crippen LogP contribution in [0.5, 0.6) is 0 Å². The summed E-state index contributed by atoms with van der Waals surface area (Å²) in [5.41, 5.74) is 4.17. The van der Waals surface area contributed by atoms with E-state index < -0.39 is 11.9 Å². The van der Waals surface area contributed by atoms with Crippen molar-refractivity contribution in [3.05, 3.63) is 101 Å². The topological polar surface area (TPSA) is 78.1 Å². The molecule has 6 rings (SSSR count). The Hall–Kier alpha value is -4.16. The van der Waals surface area contributed by atoms with Crippen LogP contribution in [-0.2, 0) is 4.79 Å². The lowest BCUT2D eigenvalue weighted by molar-refractivity contribution is -0.119. The number of pyridine rings is 1. The zero-order valence-electron chi connectivity index (χ0n) is 17.2. The minimum Gasteiger partial charge on any atom is -0.353 e. The molecular weight excluding hydrogens is 436 g/mol. The highest BCUT2D eigenvalue weighted by Crippen LogP contribution is 2.41. The van der Waals surface area contributed by atoms with Crippen molar-refractivity contribution in [1.29, 1.82) is 0 Å². The Kier molecular flexibility index (Phi) is 4.41. The highest BCUT2D eigenvalue weighted by Gasteiger charge is 2.39. The van der Waals surface area contributed by atoms with Gasteiger partial charge in [0.1, 0.15) is 11.7 Å². The predicted octanol–water partition coefficient (Wildman–Crippen LogP) is 5.52. The molecule has 2 aromatic heterocycles. The number of H-pyrrole nitrogens is 1. The fraction of sp³-hybridized carbons (Fsp3) is 0.0385. The van der Waals surface area contributed by atoms with Crippen molar-refractivity contribution < 1.29 is 9.59 Å². The van der Waals surface area contributed by atoms with Gasteiger partial charge in [-0.15, -0.1) is 0 Å². The van der Waals surface area contributed by atoms with Crippen molar-refractivity contribution in [2.75, 3.05) is 4.90 Å². The SMILES string of the molecule is O=C(NC1C(=O)N(c2cccc(Cl)c2)c2ccccc21)c1cc2c(cn1)[nH]c1ccccc12. The lowest BCUT2D eigenvalue weighted by Crippen LogP contribution is -2.36. The Balaban J connectivity index is 1.36. The molecule has 0 spiro atoms. The second-order valence-electron chi connectivity index (χ2n) is 7.90. The second kappa shape index (κ2) is 7.46. The van der Waals surface area contributed by atoms with Crippen molar-refractivity contribution in [3.8, 4) is 0 Å². The molecule has 3 heterocycles. The zero-order chi connectivity index (χ0) is 22.5. The molecule has 6 nitrogen and oxygen atoms in total. The van der Waals surface area contributed by atoms with E-state index in [-0.39, 0.29) is 11.6 Å². The lowest BCUT2D eigenvalue weighted by Gasteiger charge is -2.18. The van der Waals surface area contributed by atoms with E-state index in [4.69, 9.17) is 11.6 Å². The van der Waals surface area contributed by atoms with E-state index in [1.807, 2.05) is 54.6 Å². The van der Waals surface area contributed by atoms with E-state index in [2.05, 4.69) is 15.3 Å². The maximum absolute atomic E-state index is 13.4. The Morgan fingerprint density at radius 2 is 1.76 bits per heavy atom. The van der Waals surface area contributed by atoms with Crippen LogP contribution in [0.3, 0.4) is 0 Å². The summed E-state index contributed by atoms with van der Waals surface area (Å²) >= 11 is 6.16. The molecule has 1 atom stereocenters. The van der Waals surface area contributed by atoms with Gasteiger partial charge in [-0.25, -0.2) is 4.98 Å². The number of para-hydroxylation sites is 2. The maximum atomic E-state index is 13.4. The molecular formula is C26H17ClN4O2. The number of aromatic nitrogens is 2. The lowest BCUT2D eigenvalue weighted by atomic mass is 10.1. The first kappa shape index (κ1) is 19.5. The van der Waals surface area contributed by atoms with Crippen molar-refractivity contribution in [1.82, 2.24) is 15.3 Å². The number of rotatable bonds is 3. The number of benzene rings is 3. The number of amides is 2. The van der Waals surface area contributed by atoms with E-state index in [0.29, 0.717) is 10.7 Å². The third-order valence-corrected chi connectivity index (χ3v) is 6.16. The molecule has 0 radical (unpaired) electrons. The molecule has 3 aromatic carbocycles. The van der Waals surface area contributed by atoms with Crippen LogP contribution in [0, 0.1) is 0 Å². The van der Waals surface area contributed by atoms with Crippen LogP contribution in [0.15, 0.2) is 85.1 Å². The summed E-state index contributed by atoms with van der Waals surface area (Å²) in [7, 11) is 0. The van der Waals surface area contributed by atoms with Gasteiger partial charge in [-0.1, -0.05) is 54.1 Å². The average molecular weight is 453 g/mol.